The predicted octanol–water partition coefficient (Wildman–Crippen LogP) is 12.2. The predicted molar refractivity (Wildman–Crippen MR) is 225 cm³/mol. The molecule has 3 aromatic carbocycles. The molecule has 9 nitrogen and oxygen atoms in total. The maximum atomic E-state index is 4.75. The fourth-order valence-corrected chi connectivity index (χ4v) is 5.86. The molecule has 1 heterocycles. The average molecular weight is 708 g/mol. The number of hydrogen-bond acceptors (Lipinski definition) is 9. The second kappa shape index (κ2) is 20.5. The number of aromatic nitrogens is 3. The molecular weight excluding hydrogens is 643 g/mol. The molecule has 0 spiro atoms. The summed E-state index contributed by atoms with van der Waals surface area (Å²) in [7, 11) is 0. The van der Waals surface area contributed by atoms with E-state index in [1.54, 1.807) is 0 Å². The molecule has 6 N–H and O–H groups in total. The molecule has 4 unspecified atom stereocenters. The van der Waals surface area contributed by atoms with Crippen molar-refractivity contribution in [2.45, 2.75) is 125 Å². The molecule has 0 aliphatic heterocycles. The Morgan fingerprint density at radius 3 is 0.923 bits per heavy atom. The highest BCUT2D eigenvalue weighted by Gasteiger charge is 2.11. The normalized spacial score (nSPS) is 13.7. The second-order valence-electron chi connectivity index (χ2n) is 15.6. The van der Waals surface area contributed by atoms with E-state index in [0.29, 0.717) is 47.8 Å². The molecule has 52 heavy (non-hydrogen) atoms. The molecule has 0 radical (unpaired) electrons. The summed E-state index contributed by atoms with van der Waals surface area (Å²) in [6, 6.07) is 26.1. The third-order valence-corrected chi connectivity index (χ3v) is 9.44. The lowest BCUT2D eigenvalue weighted by Gasteiger charge is -2.18. The van der Waals surface area contributed by atoms with E-state index in [9.17, 15) is 0 Å². The van der Waals surface area contributed by atoms with Crippen molar-refractivity contribution in [2.75, 3.05) is 31.9 Å². The third-order valence-electron chi connectivity index (χ3n) is 9.44. The smallest absolute Gasteiger partial charge is 0.233 e. The maximum Gasteiger partial charge on any atom is 0.233 e. The molecule has 9 heteroatoms. The third kappa shape index (κ3) is 14.6. The summed E-state index contributed by atoms with van der Waals surface area (Å²) >= 11 is 0. The molecule has 1 aromatic heterocycles. The molecule has 0 saturated carbocycles. The minimum absolute atomic E-state index is 0.410. The Morgan fingerprint density at radius 1 is 0.385 bits per heavy atom. The topological polar surface area (TPSA) is 111 Å². The van der Waals surface area contributed by atoms with Crippen molar-refractivity contribution in [1.29, 1.82) is 0 Å². The minimum Gasteiger partial charge on any atom is -0.383 e. The molecule has 4 aromatic rings. The van der Waals surface area contributed by atoms with Crippen LogP contribution in [0.2, 0.25) is 0 Å². The summed E-state index contributed by atoms with van der Waals surface area (Å²) in [4.78, 5) is 14.2. The molecule has 0 saturated heterocycles. The molecule has 0 bridgehead atoms. The lowest BCUT2D eigenvalue weighted by atomic mass is 10.00. The molecule has 0 aliphatic carbocycles. The van der Waals surface area contributed by atoms with Gasteiger partial charge < -0.3 is 31.9 Å². The zero-order valence-electron chi connectivity index (χ0n) is 33.2. The van der Waals surface area contributed by atoms with E-state index in [-0.39, 0.29) is 0 Å². The number of nitrogens with one attached hydrogen (secondary N) is 6. The van der Waals surface area contributed by atoms with Crippen LogP contribution in [0.25, 0.3) is 0 Å². The SMILES string of the molecule is CCC(C)CCC(C)Nc1ccc(Nc2nc(Nc3ccc(NC(C)CCC(C)C)cc3)nc(Nc3ccc(NC(C)CCC(C)C)cc3)n2)cc1. The quantitative estimate of drug-likeness (QED) is 0.0475. The Morgan fingerprint density at radius 2 is 0.654 bits per heavy atom. The van der Waals surface area contributed by atoms with Crippen molar-refractivity contribution in [3.63, 3.8) is 0 Å². The van der Waals surface area contributed by atoms with Crippen LogP contribution in [-0.2, 0) is 0 Å². The largest absolute Gasteiger partial charge is 0.383 e. The highest BCUT2D eigenvalue weighted by atomic mass is 15.3. The first-order valence-electron chi connectivity index (χ1n) is 19.6. The number of nitrogens with zero attached hydrogens (tertiary/aromatic N) is 3. The van der Waals surface area contributed by atoms with E-state index in [1.807, 2.05) is 24.3 Å². The van der Waals surface area contributed by atoms with Gasteiger partial charge in [0.15, 0.2) is 0 Å². The summed E-state index contributed by atoms with van der Waals surface area (Å²) in [5.74, 6) is 3.48. The van der Waals surface area contributed by atoms with Gasteiger partial charge in [0.05, 0.1) is 0 Å². The van der Waals surface area contributed by atoms with E-state index < -0.39 is 0 Å². The summed E-state index contributed by atoms with van der Waals surface area (Å²) in [6.45, 7) is 20.4. The van der Waals surface area contributed by atoms with Crippen LogP contribution in [-0.4, -0.2) is 33.1 Å². The Balaban J connectivity index is 1.47. The Kier molecular flexibility index (Phi) is 15.9. The van der Waals surface area contributed by atoms with Crippen LogP contribution in [0.1, 0.15) is 107 Å². The number of rotatable bonds is 22. The van der Waals surface area contributed by atoms with E-state index in [2.05, 4.69) is 143 Å². The molecule has 0 fully saturated rings. The van der Waals surface area contributed by atoms with E-state index in [1.165, 1.54) is 25.7 Å². The summed E-state index contributed by atoms with van der Waals surface area (Å²) in [5.41, 5.74) is 5.97. The highest BCUT2D eigenvalue weighted by molar-refractivity contribution is 5.65. The van der Waals surface area contributed by atoms with Gasteiger partial charge in [0.1, 0.15) is 0 Å². The number of anilines is 9. The van der Waals surface area contributed by atoms with Crippen molar-refractivity contribution >= 4 is 52.0 Å². The molecule has 0 amide bonds. The lowest BCUT2D eigenvalue weighted by molar-refractivity contribution is 0.478. The molecule has 4 atom stereocenters. The first-order valence-corrected chi connectivity index (χ1v) is 19.6. The molecule has 282 valence electrons. The fourth-order valence-electron chi connectivity index (χ4n) is 5.86. The van der Waals surface area contributed by atoms with Gasteiger partial charge in [-0.3, -0.25) is 0 Å². The van der Waals surface area contributed by atoms with E-state index in [0.717, 1.165) is 59.3 Å². The second-order valence-corrected chi connectivity index (χ2v) is 15.6. The van der Waals surface area contributed by atoms with Crippen LogP contribution in [0.15, 0.2) is 72.8 Å². The van der Waals surface area contributed by atoms with Gasteiger partial charge in [-0.05, 0) is 150 Å². The van der Waals surface area contributed by atoms with Crippen LogP contribution in [0, 0.1) is 17.8 Å². The molecular formula is C43H65N9. The van der Waals surface area contributed by atoms with Gasteiger partial charge in [-0.2, -0.15) is 15.0 Å². The van der Waals surface area contributed by atoms with Gasteiger partial charge in [0.25, 0.3) is 0 Å². The minimum atomic E-state index is 0.410. The van der Waals surface area contributed by atoms with Crippen molar-refractivity contribution in [2.24, 2.45) is 17.8 Å². The van der Waals surface area contributed by atoms with Crippen LogP contribution in [0.5, 0.6) is 0 Å². The molecule has 0 aliphatic rings. The van der Waals surface area contributed by atoms with Gasteiger partial charge >= 0.3 is 0 Å². The van der Waals surface area contributed by atoms with Crippen molar-refractivity contribution in [1.82, 2.24) is 15.0 Å². The van der Waals surface area contributed by atoms with Crippen LogP contribution < -0.4 is 31.9 Å². The maximum absolute atomic E-state index is 4.75. The Bertz CT molecular complexity index is 1500. The van der Waals surface area contributed by atoms with E-state index >= 15 is 0 Å². The van der Waals surface area contributed by atoms with Crippen LogP contribution in [0.4, 0.5) is 52.0 Å². The lowest BCUT2D eigenvalue weighted by Crippen LogP contribution is -2.16. The van der Waals surface area contributed by atoms with Gasteiger partial charge in [0, 0.05) is 52.2 Å². The van der Waals surface area contributed by atoms with Gasteiger partial charge in [0.2, 0.25) is 17.8 Å². The van der Waals surface area contributed by atoms with E-state index in [4.69, 9.17) is 15.0 Å². The summed E-state index contributed by atoms with van der Waals surface area (Å²) in [5, 5.41) is 21.0. The Hall–Kier alpha value is -4.53. The highest BCUT2D eigenvalue weighted by Crippen LogP contribution is 2.25. The molecule has 4 rings (SSSR count). The Labute approximate surface area is 314 Å². The fraction of sp³-hybridized carbons (Fsp3) is 0.512. The van der Waals surface area contributed by atoms with Crippen LogP contribution >= 0.6 is 0 Å². The standard InChI is InChI=1S/C43H65N9/c1-10-31(6)13-16-34(9)46-37-21-27-40(28-22-37)49-43-51-41(47-38-23-17-35(18-24-38)44-32(7)14-11-29(2)3)50-42(52-43)48-39-25-19-36(20-26-39)45-33(8)15-12-30(4)5/h17-34,44-46H,10-16H2,1-9H3,(H3,47,48,49,50,51,52). The van der Waals surface area contributed by atoms with Crippen molar-refractivity contribution < 1.29 is 0 Å². The van der Waals surface area contributed by atoms with Gasteiger partial charge in [-0.15, -0.1) is 0 Å². The number of benzene rings is 3. The summed E-state index contributed by atoms with van der Waals surface area (Å²) < 4.78 is 0. The zero-order valence-corrected chi connectivity index (χ0v) is 33.2. The van der Waals surface area contributed by atoms with Gasteiger partial charge in [-0.1, -0.05) is 48.0 Å². The van der Waals surface area contributed by atoms with Crippen molar-refractivity contribution in [3.05, 3.63) is 72.8 Å². The van der Waals surface area contributed by atoms with Crippen LogP contribution in [0.3, 0.4) is 0 Å². The van der Waals surface area contributed by atoms with Crippen molar-refractivity contribution in [3.8, 4) is 0 Å². The monoisotopic (exact) mass is 708 g/mol. The first kappa shape index (κ1) is 40.2. The number of hydrogen-bond donors (Lipinski definition) is 6. The zero-order chi connectivity index (χ0) is 37.5. The summed E-state index contributed by atoms with van der Waals surface area (Å²) in [6.07, 6.45) is 8.30. The first-order chi connectivity index (χ1) is 24.9. The van der Waals surface area contributed by atoms with Gasteiger partial charge in [-0.25, -0.2) is 0 Å². The average Bonchev–Trinajstić information content (AvgIpc) is 3.11.